The Morgan fingerprint density at radius 3 is 2.52 bits per heavy atom. The van der Waals surface area contributed by atoms with Gasteiger partial charge < -0.3 is 26.0 Å². The van der Waals surface area contributed by atoms with E-state index in [1.165, 1.54) is 0 Å². The van der Waals surface area contributed by atoms with E-state index in [-0.39, 0.29) is 18.0 Å². The maximum atomic E-state index is 12.6. The van der Waals surface area contributed by atoms with Crippen LogP contribution in [0.25, 0.3) is 0 Å². The number of nitrogens with two attached hydrogens (primary N) is 1. The molecule has 8 nitrogen and oxygen atoms in total. The van der Waals surface area contributed by atoms with E-state index in [9.17, 15) is 9.59 Å². The first-order valence-electron chi connectivity index (χ1n) is 9.98. The number of urea groups is 1. The predicted molar refractivity (Wildman–Crippen MR) is 119 cm³/mol. The van der Waals surface area contributed by atoms with Crippen LogP contribution >= 0.6 is 0 Å². The van der Waals surface area contributed by atoms with Crippen molar-refractivity contribution < 1.29 is 14.3 Å². The van der Waals surface area contributed by atoms with Crippen molar-refractivity contribution in [2.45, 2.75) is 12.5 Å². The van der Waals surface area contributed by atoms with E-state index < -0.39 is 0 Å². The molecule has 2 heterocycles. The monoisotopic (exact) mass is 417 g/mol. The smallest absolute Gasteiger partial charge is 0.321 e. The van der Waals surface area contributed by atoms with Gasteiger partial charge in [0.05, 0.1) is 17.9 Å². The third-order valence-corrected chi connectivity index (χ3v) is 4.96. The van der Waals surface area contributed by atoms with Crippen LogP contribution < -0.4 is 21.1 Å². The summed E-state index contributed by atoms with van der Waals surface area (Å²) < 4.78 is 5.82. The van der Waals surface area contributed by atoms with Gasteiger partial charge in [-0.3, -0.25) is 4.79 Å². The van der Waals surface area contributed by atoms with Gasteiger partial charge in [0.25, 0.3) is 5.91 Å². The summed E-state index contributed by atoms with van der Waals surface area (Å²) in [7, 11) is 0. The molecule has 1 unspecified atom stereocenters. The Balaban J connectivity index is 1.30. The second kappa shape index (κ2) is 9.17. The molecule has 1 aliphatic rings. The van der Waals surface area contributed by atoms with Gasteiger partial charge in [0.1, 0.15) is 6.10 Å². The minimum Gasteiger partial charge on any atom is -0.472 e. The first-order chi connectivity index (χ1) is 15.1. The molecule has 4 N–H and O–H groups in total. The number of para-hydroxylation sites is 2. The molecule has 3 aromatic rings. The van der Waals surface area contributed by atoms with Gasteiger partial charge in [-0.15, -0.1) is 0 Å². The lowest BCUT2D eigenvalue weighted by molar-refractivity contribution is 0.102. The molecule has 1 saturated heterocycles. The number of carbonyl (C=O) groups excluding carboxylic acids is 2. The van der Waals surface area contributed by atoms with Gasteiger partial charge in [0.2, 0.25) is 5.88 Å². The van der Waals surface area contributed by atoms with Crippen LogP contribution in [-0.2, 0) is 0 Å². The zero-order valence-corrected chi connectivity index (χ0v) is 16.8. The summed E-state index contributed by atoms with van der Waals surface area (Å²) in [6.07, 6.45) is 2.33. The zero-order valence-electron chi connectivity index (χ0n) is 16.8. The van der Waals surface area contributed by atoms with E-state index in [0.717, 1.165) is 6.42 Å². The molecule has 1 atom stereocenters. The van der Waals surface area contributed by atoms with Gasteiger partial charge in [-0.2, -0.15) is 0 Å². The van der Waals surface area contributed by atoms with Crippen LogP contribution in [0.2, 0.25) is 0 Å². The zero-order chi connectivity index (χ0) is 21.6. The van der Waals surface area contributed by atoms with E-state index in [1.54, 1.807) is 65.7 Å². The minimum atomic E-state index is -0.273. The van der Waals surface area contributed by atoms with Gasteiger partial charge in [-0.1, -0.05) is 18.2 Å². The summed E-state index contributed by atoms with van der Waals surface area (Å²) in [6, 6.07) is 19.0. The Morgan fingerprint density at radius 2 is 1.77 bits per heavy atom. The van der Waals surface area contributed by atoms with Crippen molar-refractivity contribution in [3.05, 3.63) is 78.5 Å². The first-order valence-corrected chi connectivity index (χ1v) is 9.98. The summed E-state index contributed by atoms with van der Waals surface area (Å²) in [5, 5.41) is 5.64. The molecule has 4 rings (SSSR count). The van der Waals surface area contributed by atoms with Crippen LogP contribution in [0.1, 0.15) is 16.8 Å². The number of aromatic nitrogens is 1. The molecular formula is C23H23N5O3. The number of hydrogen-bond acceptors (Lipinski definition) is 5. The number of ether oxygens (including phenoxy) is 1. The fraction of sp³-hybridized carbons (Fsp3) is 0.174. The maximum absolute atomic E-state index is 12.6. The van der Waals surface area contributed by atoms with Crippen molar-refractivity contribution >= 4 is 29.0 Å². The molecule has 1 aliphatic heterocycles. The van der Waals surface area contributed by atoms with Crippen molar-refractivity contribution in [1.82, 2.24) is 9.88 Å². The highest BCUT2D eigenvalue weighted by Crippen LogP contribution is 2.20. The van der Waals surface area contributed by atoms with Crippen LogP contribution in [0.5, 0.6) is 5.88 Å². The van der Waals surface area contributed by atoms with Crippen LogP contribution in [0.4, 0.5) is 21.9 Å². The normalized spacial score (nSPS) is 15.4. The van der Waals surface area contributed by atoms with Gasteiger partial charge >= 0.3 is 6.03 Å². The number of anilines is 3. The van der Waals surface area contributed by atoms with E-state index in [1.807, 2.05) is 12.1 Å². The minimum absolute atomic E-state index is 0.0860. The van der Waals surface area contributed by atoms with E-state index in [2.05, 4.69) is 15.6 Å². The molecule has 1 aromatic heterocycles. The van der Waals surface area contributed by atoms with E-state index in [0.29, 0.717) is 41.6 Å². The van der Waals surface area contributed by atoms with Crippen molar-refractivity contribution in [3.8, 4) is 5.88 Å². The fourth-order valence-electron chi connectivity index (χ4n) is 3.31. The highest BCUT2D eigenvalue weighted by molar-refractivity contribution is 6.06. The molecule has 158 valence electrons. The lowest BCUT2D eigenvalue weighted by Gasteiger charge is -2.18. The van der Waals surface area contributed by atoms with Crippen LogP contribution in [0, 0.1) is 0 Å². The summed E-state index contributed by atoms with van der Waals surface area (Å²) in [6.45, 7) is 1.09. The molecule has 0 aliphatic carbocycles. The van der Waals surface area contributed by atoms with Crippen molar-refractivity contribution in [2.75, 3.05) is 29.5 Å². The third kappa shape index (κ3) is 5.11. The van der Waals surface area contributed by atoms with Gasteiger partial charge in [-0.25, -0.2) is 9.78 Å². The lowest BCUT2D eigenvalue weighted by Crippen LogP contribution is -2.34. The number of nitrogens with one attached hydrogen (secondary N) is 2. The average molecular weight is 417 g/mol. The van der Waals surface area contributed by atoms with Crippen LogP contribution in [0.3, 0.4) is 0 Å². The van der Waals surface area contributed by atoms with Crippen LogP contribution in [0.15, 0.2) is 72.9 Å². The Morgan fingerprint density at radius 1 is 1.00 bits per heavy atom. The fourth-order valence-corrected chi connectivity index (χ4v) is 3.31. The largest absolute Gasteiger partial charge is 0.472 e. The number of hydrogen-bond donors (Lipinski definition) is 3. The number of pyridine rings is 1. The molecule has 3 amide bonds. The number of carbonyl (C=O) groups is 2. The molecular weight excluding hydrogens is 394 g/mol. The summed E-state index contributed by atoms with van der Waals surface area (Å²) in [4.78, 5) is 30.8. The number of nitrogens with zero attached hydrogens (tertiary/aromatic N) is 2. The Bertz CT molecular complexity index is 1060. The number of nitrogen functional groups attached to an aromatic ring is 1. The Hall–Kier alpha value is -4.07. The van der Waals surface area contributed by atoms with E-state index in [4.69, 9.17) is 10.5 Å². The molecule has 0 bridgehead atoms. The number of amides is 3. The van der Waals surface area contributed by atoms with Gasteiger partial charge in [0, 0.05) is 36.5 Å². The Kier molecular flexibility index (Phi) is 5.98. The molecule has 31 heavy (non-hydrogen) atoms. The second-order valence-corrected chi connectivity index (χ2v) is 7.19. The van der Waals surface area contributed by atoms with Crippen molar-refractivity contribution in [2.24, 2.45) is 0 Å². The standard InChI is InChI=1S/C23H23N5O3/c24-19-5-1-2-6-20(19)27-22(29)16-8-10-17(11-9-16)26-23(30)28-14-12-18(15-28)31-21-7-3-4-13-25-21/h1-11,13,18H,12,14-15,24H2,(H,26,30)(H,27,29). The van der Waals surface area contributed by atoms with Crippen molar-refractivity contribution in [3.63, 3.8) is 0 Å². The van der Waals surface area contributed by atoms with Gasteiger partial charge in [0.15, 0.2) is 0 Å². The first kappa shape index (κ1) is 20.2. The SMILES string of the molecule is Nc1ccccc1NC(=O)c1ccc(NC(=O)N2CCC(Oc3ccccn3)C2)cc1. The highest BCUT2D eigenvalue weighted by Gasteiger charge is 2.28. The summed E-state index contributed by atoms with van der Waals surface area (Å²) in [5.41, 5.74) is 7.98. The molecule has 0 radical (unpaired) electrons. The summed E-state index contributed by atoms with van der Waals surface area (Å²) >= 11 is 0. The molecule has 1 fully saturated rings. The summed E-state index contributed by atoms with van der Waals surface area (Å²) in [5.74, 6) is 0.283. The molecule has 0 saturated carbocycles. The highest BCUT2D eigenvalue weighted by atomic mass is 16.5. The molecule has 0 spiro atoms. The number of rotatable bonds is 5. The van der Waals surface area contributed by atoms with Gasteiger partial charge in [-0.05, 0) is 42.5 Å². The third-order valence-electron chi connectivity index (χ3n) is 4.96. The second-order valence-electron chi connectivity index (χ2n) is 7.19. The molecule has 2 aromatic carbocycles. The van der Waals surface area contributed by atoms with Crippen LogP contribution in [-0.4, -0.2) is 41.0 Å². The lowest BCUT2D eigenvalue weighted by atomic mass is 10.2. The Labute approximate surface area is 180 Å². The number of benzene rings is 2. The molecule has 8 heteroatoms. The quantitative estimate of drug-likeness (QED) is 0.550. The number of likely N-dealkylation sites (tertiary alicyclic amines) is 1. The van der Waals surface area contributed by atoms with E-state index >= 15 is 0 Å². The predicted octanol–water partition coefficient (Wildman–Crippen LogP) is 3.60. The topological polar surface area (TPSA) is 110 Å². The average Bonchev–Trinajstić information content (AvgIpc) is 3.25. The maximum Gasteiger partial charge on any atom is 0.321 e. The van der Waals surface area contributed by atoms with Crippen molar-refractivity contribution in [1.29, 1.82) is 0 Å².